The van der Waals surface area contributed by atoms with Crippen molar-refractivity contribution in [2.24, 2.45) is 0 Å². The third kappa shape index (κ3) is 4.68. The molecule has 0 bridgehead atoms. The monoisotopic (exact) mass is 566 g/mol. The lowest BCUT2D eigenvalue weighted by Gasteiger charge is -2.12. The summed E-state index contributed by atoms with van der Waals surface area (Å²) in [6.45, 7) is 0.191. The fraction of sp³-hybridized carbons (Fsp3) is 0.0476. The van der Waals surface area contributed by atoms with Crippen molar-refractivity contribution < 1.29 is 18.9 Å². The summed E-state index contributed by atoms with van der Waals surface area (Å²) < 4.78 is 6.78. The third-order valence-corrected chi connectivity index (χ3v) is 6.40. The van der Waals surface area contributed by atoms with Crippen LogP contribution in [0.5, 0.6) is 0 Å². The number of halogens is 2. The highest BCUT2D eigenvalue weighted by molar-refractivity contribution is 14.1. The number of amides is 2. The lowest BCUT2D eigenvalue weighted by atomic mass is 10.1. The van der Waals surface area contributed by atoms with E-state index in [1.165, 1.54) is 23.1 Å². The average molecular weight is 567 g/mol. The maximum absolute atomic E-state index is 12.7. The Kier molecular flexibility index (Phi) is 6.17. The minimum Gasteiger partial charge on any atom is -0.457 e. The highest BCUT2D eigenvalue weighted by atomic mass is 127. The quantitative estimate of drug-likeness (QED) is 0.155. The molecule has 156 valence electrons. The lowest BCUT2D eigenvalue weighted by Crippen LogP contribution is -2.27. The summed E-state index contributed by atoms with van der Waals surface area (Å²) in [6, 6.07) is 15.2. The van der Waals surface area contributed by atoms with E-state index >= 15 is 0 Å². The summed E-state index contributed by atoms with van der Waals surface area (Å²) >= 11 is 8.88. The Balaban J connectivity index is 1.55. The predicted molar refractivity (Wildman–Crippen MR) is 126 cm³/mol. The topological polar surface area (TPSA) is 93.7 Å². The molecule has 7 nitrogen and oxygen atoms in total. The molecule has 1 aromatic heterocycles. The van der Waals surface area contributed by atoms with Crippen molar-refractivity contribution in [3.05, 3.63) is 89.5 Å². The minimum absolute atomic E-state index is 0.0299. The van der Waals surface area contributed by atoms with Gasteiger partial charge in [0.25, 0.3) is 16.8 Å². The summed E-state index contributed by atoms with van der Waals surface area (Å²) in [7, 11) is 0. The third-order valence-electron chi connectivity index (χ3n) is 4.46. The molecule has 1 saturated heterocycles. The molecule has 0 aliphatic carbocycles. The van der Waals surface area contributed by atoms with Gasteiger partial charge in [-0.2, -0.15) is 0 Å². The molecule has 0 unspecified atom stereocenters. The van der Waals surface area contributed by atoms with Crippen LogP contribution in [0.2, 0.25) is 5.02 Å². The molecule has 0 spiro atoms. The van der Waals surface area contributed by atoms with Crippen LogP contribution < -0.4 is 0 Å². The lowest BCUT2D eigenvalue weighted by molar-refractivity contribution is -0.384. The van der Waals surface area contributed by atoms with Crippen LogP contribution in [-0.2, 0) is 11.3 Å². The number of nitro groups is 1. The molecule has 0 atom stereocenters. The van der Waals surface area contributed by atoms with E-state index in [1.807, 2.05) is 24.3 Å². The first-order valence-electron chi connectivity index (χ1n) is 8.86. The van der Waals surface area contributed by atoms with Crippen LogP contribution in [0.25, 0.3) is 17.4 Å². The number of hydrogen-bond acceptors (Lipinski definition) is 6. The molecule has 1 aliphatic heterocycles. The molecule has 0 radical (unpaired) electrons. The Morgan fingerprint density at radius 3 is 2.58 bits per heavy atom. The molecule has 1 fully saturated rings. The second-order valence-corrected chi connectivity index (χ2v) is 9.17. The van der Waals surface area contributed by atoms with E-state index in [2.05, 4.69) is 22.6 Å². The number of furan rings is 1. The number of carbonyl (C=O) groups excluding carboxylic acids is 2. The minimum atomic E-state index is -0.570. The zero-order valence-electron chi connectivity index (χ0n) is 15.6. The highest BCUT2D eigenvalue weighted by Crippen LogP contribution is 2.35. The van der Waals surface area contributed by atoms with Crippen LogP contribution in [0.4, 0.5) is 10.5 Å². The fourth-order valence-electron chi connectivity index (χ4n) is 2.93. The summed E-state index contributed by atoms with van der Waals surface area (Å²) in [6.07, 6.45) is 1.49. The maximum Gasteiger partial charge on any atom is 0.293 e. The van der Waals surface area contributed by atoms with Crippen molar-refractivity contribution in [1.29, 1.82) is 0 Å². The van der Waals surface area contributed by atoms with Gasteiger partial charge in [-0.1, -0.05) is 23.7 Å². The predicted octanol–water partition coefficient (Wildman–Crippen LogP) is 6.35. The van der Waals surface area contributed by atoms with Gasteiger partial charge >= 0.3 is 0 Å². The molecule has 31 heavy (non-hydrogen) atoms. The zero-order chi connectivity index (χ0) is 22.1. The summed E-state index contributed by atoms with van der Waals surface area (Å²) in [5.74, 6) is 0.338. The average Bonchev–Trinajstić information content (AvgIpc) is 3.30. The first kappa shape index (κ1) is 21.6. The number of nitrogens with zero attached hydrogens (tertiary/aromatic N) is 2. The van der Waals surface area contributed by atoms with Crippen LogP contribution in [0.3, 0.4) is 0 Å². The van der Waals surface area contributed by atoms with Gasteiger partial charge < -0.3 is 4.42 Å². The van der Waals surface area contributed by atoms with Gasteiger partial charge in [-0.25, -0.2) is 0 Å². The van der Waals surface area contributed by atoms with E-state index in [1.54, 1.807) is 18.2 Å². The van der Waals surface area contributed by atoms with Gasteiger partial charge in [0, 0.05) is 21.3 Å². The molecule has 2 amide bonds. The van der Waals surface area contributed by atoms with Gasteiger partial charge in [-0.05, 0) is 76.3 Å². The van der Waals surface area contributed by atoms with E-state index in [-0.39, 0.29) is 27.4 Å². The van der Waals surface area contributed by atoms with Crippen LogP contribution in [0.15, 0.2) is 63.9 Å². The van der Waals surface area contributed by atoms with E-state index in [0.29, 0.717) is 17.1 Å². The molecule has 2 heterocycles. The van der Waals surface area contributed by atoms with Crippen molar-refractivity contribution in [2.75, 3.05) is 0 Å². The van der Waals surface area contributed by atoms with Crippen molar-refractivity contribution in [2.45, 2.75) is 6.54 Å². The van der Waals surface area contributed by atoms with Crippen molar-refractivity contribution in [1.82, 2.24) is 4.90 Å². The smallest absolute Gasteiger partial charge is 0.293 e. The van der Waals surface area contributed by atoms with Crippen LogP contribution >= 0.6 is 46.0 Å². The Morgan fingerprint density at radius 2 is 1.87 bits per heavy atom. The second-order valence-electron chi connectivity index (χ2n) is 6.52. The Bertz CT molecular complexity index is 1240. The Morgan fingerprint density at radius 1 is 1.13 bits per heavy atom. The van der Waals surface area contributed by atoms with Gasteiger partial charge in [-0.3, -0.25) is 24.6 Å². The molecule has 10 heteroatoms. The van der Waals surface area contributed by atoms with Crippen LogP contribution in [-0.4, -0.2) is 21.0 Å². The van der Waals surface area contributed by atoms with Crippen LogP contribution in [0.1, 0.15) is 11.3 Å². The van der Waals surface area contributed by atoms with Gasteiger partial charge in [-0.15, -0.1) is 0 Å². The molecular formula is C21H12ClIN2O5S. The maximum atomic E-state index is 12.7. The van der Waals surface area contributed by atoms with Crippen LogP contribution in [0, 0.1) is 13.7 Å². The highest BCUT2D eigenvalue weighted by Gasteiger charge is 2.35. The number of hydrogen-bond donors (Lipinski definition) is 0. The summed E-state index contributed by atoms with van der Waals surface area (Å²) in [4.78, 5) is 37.0. The Hall–Kier alpha value is -2.63. The molecule has 0 saturated carbocycles. The largest absolute Gasteiger partial charge is 0.457 e. The molecule has 0 N–H and O–H groups in total. The first-order valence-corrected chi connectivity index (χ1v) is 11.1. The van der Waals surface area contributed by atoms with Gasteiger partial charge in [0.2, 0.25) is 0 Å². The Labute approximate surface area is 199 Å². The van der Waals surface area contributed by atoms with E-state index in [4.69, 9.17) is 16.0 Å². The second kappa shape index (κ2) is 8.85. The number of benzene rings is 2. The van der Waals surface area contributed by atoms with Crippen molar-refractivity contribution >= 4 is 68.9 Å². The molecular weight excluding hydrogens is 555 g/mol. The van der Waals surface area contributed by atoms with Crippen molar-refractivity contribution in [3.8, 4) is 11.3 Å². The molecule has 3 aromatic rings. The molecule has 4 rings (SSSR count). The first-order chi connectivity index (χ1) is 14.8. The van der Waals surface area contributed by atoms with Gasteiger partial charge in [0.05, 0.1) is 16.4 Å². The number of carbonyl (C=O) groups is 2. The van der Waals surface area contributed by atoms with E-state index in [0.717, 1.165) is 20.9 Å². The summed E-state index contributed by atoms with van der Waals surface area (Å²) in [5, 5.41) is 10.8. The number of nitro benzene ring substituents is 1. The number of rotatable bonds is 5. The SMILES string of the molecule is O=C1S/C(=C\c2ccc(-c3ccc(Cl)c([N+](=O)[O-])c3)o2)C(=O)N1Cc1ccc(I)cc1. The van der Waals surface area contributed by atoms with E-state index in [9.17, 15) is 19.7 Å². The zero-order valence-corrected chi connectivity index (χ0v) is 19.3. The van der Waals surface area contributed by atoms with Gasteiger partial charge in [0.15, 0.2) is 0 Å². The molecule has 1 aliphatic rings. The fourth-order valence-corrected chi connectivity index (χ4v) is 4.29. The van der Waals surface area contributed by atoms with Gasteiger partial charge in [0.1, 0.15) is 16.5 Å². The number of imide groups is 1. The van der Waals surface area contributed by atoms with Crippen molar-refractivity contribution in [3.63, 3.8) is 0 Å². The van der Waals surface area contributed by atoms with E-state index < -0.39 is 10.8 Å². The number of thioether (sulfide) groups is 1. The molecule has 2 aromatic carbocycles. The summed E-state index contributed by atoms with van der Waals surface area (Å²) in [5.41, 5.74) is 1.10. The normalized spacial score (nSPS) is 15.2. The standard InChI is InChI=1S/C21H12ClIN2O5S/c22-16-7-3-13(9-17(16)25(28)29)18-8-6-15(30-18)10-19-20(26)24(21(27)31-19)11-12-1-4-14(23)5-2-12/h1-10H,11H2/b19-10-.